The smallest absolute Gasteiger partial charge is 0.239 e. The van der Waals surface area contributed by atoms with Crippen LogP contribution < -0.4 is 5.73 Å². The molecule has 0 spiro atoms. The van der Waals surface area contributed by atoms with Gasteiger partial charge in [0.05, 0.1) is 19.3 Å². The molecule has 2 aliphatic rings. The second kappa shape index (κ2) is 7.43. The molecule has 0 aromatic heterocycles. The monoisotopic (exact) mass is 291 g/mol. The average Bonchev–Trinajstić information content (AvgIpc) is 2.82. The van der Waals surface area contributed by atoms with E-state index in [0.29, 0.717) is 12.0 Å². The van der Waals surface area contributed by atoms with Crippen LogP contribution in [-0.4, -0.2) is 67.2 Å². The van der Waals surface area contributed by atoms with Crippen molar-refractivity contribution >= 4 is 18.3 Å². The zero-order valence-corrected chi connectivity index (χ0v) is 12.7. The Morgan fingerprint density at radius 2 is 2.00 bits per heavy atom. The first-order valence-electron chi connectivity index (χ1n) is 6.99. The highest BCUT2D eigenvalue weighted by molar-refractivity contribution is 5.85. The minimum absolute atomic E-state index is 0. The number of nitrogens with two attached hydrogens (primary N) is 1. The Morgan fingerprint density at radius 1 is 1.37 bits per heavy atom. The molecular weight excluding hydrogens is 266 g/mol. The fourth-order valence-electron chi connectivity index (χ4n) is 3.05. The third-order valence-electron chi connectivity index (χ3n) is 4.15. The highest BCUT2D eigenvalue weighted by atomic mass is 35.5. The molecule has 6 heteroatoms. The lowest BCUT2D eigenvalue weighted by Gasteiger charge is -2.34. The lowest BCUT2D eigenvalue weighted by Crippen LogP contribution is -2.48. The van der Waals surface area contributed by atoms with Crippen LogP contribution in [0.2, 0.25) is 0 Å². The van der Waals surface area contributed by atoms with Crippen LogP contribution >= 0.6 is 12.4 Å². The maximum absolute atomic E-state index is 12.0. The van der Waals surface area contributed by atoms with Crippen LogP contribution in [-0.2, 0) is 9.53 Å². The van der Waals surface area contributed by atoms with Gasteiger partial charge in [0.2, 0.25) is 5.91 Å². The van der Waals surface area contributed by atoms with Crippen LogP contribution in [0.4, 0.5) is 0 Å². The first kappa shape index (κ1) is 16.7. The minimum atomic E-state index is -0.383. The average molecular weight is 292 g/mol. The van der Waals surface area contributed by atoms with Gasteiger partial charge in [-0.2, -0.15) is 0 Å². The molecule has 0 aliphatic carbocycles. The van der Waals surface area contributed by atoms with Crippen molar-refractivity contribution in [2.24, 2.45) is 11.7 Å². The quantitative estimate of drug-likeness (QED) is 0.814. The fourth-order valence-corrected chi connectivity index (χ4v) is 3.05. The van der Waals surface area contributed by atoms with Crippen molar-refractivity contribution < 1.29 is 9.53 Å². The number of halogens is 1. The molecule has 0 aromatic rings. The predicted octanol–water partition coefficient (Wildman–Crippen LogP) is 0.325. The molecule has 2 N–H and O–H groups in total. The Bertz CT molecular complexity index is 296. The molecule has 2 unspecified atom stereocenters. The van der Waals surface area contributed by atoms with E-state index in [-0.39, 0.29) is 24.4 Å². The number of likely N-dealkylation sites (tertiary alicyclic amines) is 1. The number of rotatable bonds is 3. The fraction of sp³-hybridized carbons (Fsp3) is 0.923. The van der Waals surface area contributed by atoms with Crippen molar-refractivity contribution in [1.82, 2.24) is 9.80 Å². The van der Waals surface area contributed by atoms with Crippen molar-refractivity contribution in [2.75, 3.05) is 39.4 Å². The topological polar surface area (TPSA) is 58.8 Å². The minimum Gasteiger partial charge on any atom is -0.379 e. The van der Waals surface area contributed by atoms with Gasteiger partial charge < -0.3 is 15.4 Å². The molecule has 2 aliphatic heterocycles. The Kier molecular flexibility index (Phi) is 6.53. The second-order valence-corrected chi connectivity index (χ2v) is 5.42. The highest BCUT2D eigenvalue weighted by Crippen LogP contribution is 2.25. The van der Waals surface area contributed by atoms with E-state index in [0.717, 1.165) is 45.8 Å². The van der Waals surface area contributed by atoms with Crippen molar-refractivity contribution in [3.05, 3.63) is 0 Å². The van der Waals surface area contributed by atoms with Crippen LogP contribution in [0, 0.1) is 5.92 Å². The molecule has 112 valence electrons. The van der Waals surface area contributed by atoms with Gasteiger partial charge in [0, 0.05) is 32.2 Å². The van der Waals surface area contributed by atoms with E-state index in [4.69, 9.17) is 10.5 Å². The third kappa shape index (κ3) is 3.81. The molecule has 0 aromatic carbocycles. The second-order valence-electron chi connectivity index (χ2n) is 5.42. The van der Waals surface area contributed by atoms with E-state index < -0.39 is 0 Å². The summed E-state index contributed by atoms with van der Waals surface area (Å²) < 4.78 is 5.40. The molecule has 0 radical (unpaired) electrons. The van der Waals surface area contributed by atoms with E-state index in [2.05, 4.69) is 11.8 Å². The van der Waals surface area contributed by atoms with Crippen molar-refractivity contribution in [1.29, 1.82) is 0 Å². The van der Waals surface area contributed by atoms with E-state index in [9.17, 15) is 4.79 Å². The summed E-state index contributed by atoms with van der Waals surface area (Å²) in [4.78, 5) is 16.4. The van der Waals surface area contributed by atoms with E-state index >= 15 is 0 Å². The van der Waals surface area contributed by atoms with Gasteiger partial charge in [-0.3, -0.25) is 9.69 Å². The van der Waals surface area contributed by atoms with Gasteiger partial charge >= 0.3 is 0 Å². The van der Waals surface area contributed by atoms with Gasteiger partial charge in [-0.25, -0.2) is 0 Å². The molecule has 2 heterocycles. The van der Waals surface area contributed by atoms with Crippen molar-refractivity contribution in [3.8, 4) is 0 Å². The first-order chi connectivity index (χ1) is 8.63. The number of hydrogen-bond donors (Lipinski definition) is 1. The maximum atomic E-state index is 12.0. The number of amides is 1. The zero-order valence-electron chi connectivity index (χ0n) is 11.9. The molecule has 3 atom stereocenters. The molecule has 0 bridgehead atoms. The highest BCUT2D eigenvalue weighted by Gasteiger charge is 2.38. The summed E-state index contributed by atoms with van der Waals surface area (Å²) >= 11 is 0. The molecular formula is C13H26ClN3O2. The lowest BCUT2D eigenvalue weighted by atomic mass is 9.99. The van der Waals surface area contributed by atoms with Gasteiger partial charge in [0.15, 0.2) is 0 Å². The number of carbonyl (C=O) groups excluding carboxylic acids is 1. The standard InChI is InChI=1S/C13H25N3O2.ClH/c1-3-11-8-16(13(17)10(2)14)9-12(11)15-4-6-18-7-5-15;/h10-12H,3-9,14H2,1-2H3;1H/t10-,11?,12?;/m1./s1. The van der Waals surface area contributed by atoms with E-state index in [1.165, 1.54) is 0 Å². The van der Waals surface area contributed by atoms with Crippen molar-refractivity contribution in [2.45, 2.75) is 32.4 Å². The van der Waals surface area contributed by atoms with Gasteiger partial charge in [-0.05, 0) is 12.8 Å². The van der Waals surface area contributed by atoms with Gasteiger partial charge in [-0.1, -0.05) is 13.3 Å². The van der Waals surface area contributed by atoms with E-state index in [1.807, 2.05) is 4.90 Å². The van der Waals surface area contributed by atoms with Crippen molar-refractivity contribution in [3.63, 3.8) is 0 Å². The number of ether oxygens (including phenoxy) is 1. The SMILES string of the molecule is CCC1CN(C(=O)[C@@H](C)N)CC1N1CCOCC1.Cl. The Labute approximate surface area is 121 Å². The lowest BCUT2D eigenvalue weighted by molar-refractivity contribution is -0.131. The zero-order chi connectivity index (χ0) is 13.1. The van der Waals surface area contributed by atoms with E-state index in [1.54, 1.807) is 6.92 Å². The molecule has 2 saturated heterocycles. The normalized spacial score (nSPS) is 29.9. The molecule has 19 heavy (non-hydrogen) atoms. The Hall–Kier alpha value is -0.360. The molecule has 5 nitrogen and oxygen atoms in total. The number of nitrogens with zero attached hydrogens (tertiary/aromatic N) is 2. The Morgan fingerprint density at radius 3 is 2.53 bits per heavy atom. The van der Waals surface area contributed by atoms with Crippen LogP contribution in [0.3, 0.4) is 0 Å². The number of hydrogen-bond acceptors (Lipinski definition) is 4. The van der Waals surface area contributed by atoms with Crippen LogP contribution in [0.15, 0.2) is 0 Å². The summed E-state index contributed by atoms with van der Waals surface area (Å²) in [5.41, 5.74) is 5.70. The molecule has 2 fully saturated rings. The van der Waals surface area contributed by atoms with Gasteiger partial charge in [0.25, 0.3) is 0 Å². The summed E-state index contributed by atoms with van der Waals surface area (Å²) in [6.07, 6.45) is 1.12. The summed E-state index contributed by atoms with van der Waals surface area (Å²) in [7, 11) is 0. The Balaban J connectivity index is 0.00000180. The largest absolute Gasteiger partial charge is 0.379 e. The van der Waals surface area contributed by atoms with Crippen LogP contribution in [0.1, 0.15) is 20.3 Å². The van der Waals surface area contributed by atoms with Gasteiger partial charge in [-0.15, -0.1) is 12.4 Å². The summed E-state index contributed by atoms with van der Waals surface area (Å²) in [5, 5.41) is 0. The number of morpholine rings is 1. The maximum Gasteiger partial charge on any atom is 0.239 e. The summed E-state index contributed by atoms with van der Waals surface area (Å²) in [6, 6.07) is 0.104. The summed E-state index contributed by atoms with van der Waals surface area (Å²) in [5.74, 6) is 0.662. The number of carbonyl (C=O) groups is 1. The van der Waals surface area contributed by atoms with Crippen LogP contribution in [0.25, 0.3) is 0 Å². The van der Waals surface area contributed by atoms with Gasteiger partial charge in [0.1, 0.15) is 0 Å². The molecule has 1 amide bonds. The predicted molar refractivity (Wildman–Crippen MR) is 77.4 cm³/mol. The molecule has 0 saturated carbocycles. The first-order valence-corrected chi connectivity index (χ1v) is 6.99. The summed E-state index contributed by atoms with van der Waals surface area (Å²) in [6.45, 7) is 9.27. The third-order valence-corrected chi connectivity index (χ3v) is 4.15. The molecule has 2 rings (SSSR count). The van der Waals surface area contributed by atoms with Crippen LogP contribution in [0.5, 0.6) is 0 Å².